The molecule has 2 nitrogen and oxygen atoms in total. The molecule has 1 atom stereocenters. The number of aliphatic hydroxyl groups is 1. The second-order valence-corrected chi connectivity index (χ2v) is 5.53. The minimum absolute atomic E-state index is 0.354. The Morgan fingerprint density at radius 2 is 2.13 bits per heavy atom. The van der Waals surface area contributed by atoms with Gasteiger partial charge in [0.1, 0.15) is 0 Å². The predicted octanol–water partition coefficient (Wildman–Crippen LogP) is 2.66. The largest absolute Gasteiger partial charge is 0.396 e. The Balaban J connectivity index is 2.46. The van der Waals surface area contributed by atoms with Crippen molar-refractivity contribution in [3.8, 4) is 0 Å². The molecule has 15 heavy (non-hydrogen) atoms. The van der Waals surface area contributed by atoms with Crippen LogP contribution in [0.3, 0.4) is 0 Å². The molecule has 0 bridgehead atoms. The fraction of sp³-hybridized carbons (Fsp3) is 1.00. The number of unbranched alkanes of at least 4 members (excludes halogenated alkanes) is 1. The lowest BCUT2D eigenvalue weighted by molar-refractivity contribution is 0.0364. The number of likely N-dealkylation sites (tertiary alicyclic amines) is 1. The van der Waals surface area contributed by atoms with Crippen LogP contribution < -0.4 is 0 Å². The molecule has 1 N–H and O–H groups in total. The van der Waals surface area contributed by atoms with E-state index in [1.165, 1.54) is 38.8 Å². The lowest BCUT2D eigenvalue weighted by atomic mass is 9.83. The Kier molecular flexibility index (Phi) is 5.07. The number of hydrogen-bond acceptors (Lipinski definition) is 2. The van der Waals surface area contributed by atoms with E-state index < -0.39 is 0 Å². The highest BCUT2D eigenvalue weighted by Gasteiger charge is 2.33. The summed E-state index contributed by atoms with van der Waals surface area (Å²) in [4.78, 5) is 2.63. The van der Waals surface area contributed by atoms with Crippen molar-refractivity contribution in [1.82, 2.24) is 4.90 Å². The minimum Gasteiger partial charge on any atom is -0.396 e. The maximum absolute atomic E-state index is 8.99. The first-order valence-electron chi connectivity index (χ1n) is 6.46. The van der Waals surface area contributed by atoms with E-state index in [0.29, 0.717) is 12.1 Å². The maximum atomic E-state index is 8.99. The van der Waals surface area contributed by atoms with E-state index in [1.54, 1.807) is 0 Å². The van der Waals surface area contributed by atoms with Crippen LogP contribution in [0, 0.1) is 5.92 Å². The van der Waals surface area contributed by atoms with Crippen LogP contribution in [0.1, 0.15) is 52.9 Å². The molecule has 1 heterocycles. The summed E-state index contributed by atoms with van der Waals surface area (Å²) in [6, 6.07) is 0. The van der Waals surface area contributed by atoms with Gasteiger partial charge in [-0.2, -0.15) is 0 Å². The van der Waals surface area contributed by atoms with E-state index in [4.69, 9.17) is 5.11 Å². The molecule has 1 unspecified atom stereocenters. The molecule has 1 aliphatic rings. The first kappa shape index (κ1) is 13.0. The van der Waals surface area contributed by atoms with Crippen molar-refractivity contribution < 1.29 is 5.11 Å². The molecular weight excluding hydrogens is 186 g/mol. The quantitative estimate of drug-likeness (QED) is 0.759. The SMILES string of the molecule is CCCCN1CC(CCO)CCC1(C)C. The molecule has 1 saturated heterocycles. The van der Waals surface area contributed by atoms with Gasteiger partial charge in [0.2, 0.25) is 0 Å². The number of aliphatic hydroxyl groups excluding tert-OH is 1. The molecule has 0 aromatic rings. The van der Waals surface area contributed by atoms with E-state index in [-0.39, 0.29) is 0 Å². The molecule has 0 saturated carbocycles. The predicted molar refractivity (Wildman–Crippen MR) is 65.0 cm³/mol. The van der Waals surface area contributed by atoms with Gasteiger partial charge >= 0.3 is 0 Å². The Bertz CT molecular complexity index is 179. The van der Waals surface area contributed by atoms with Crippen LogP contribution in [0.15, 0.2) is 0 Å². The molecule has 0 aromatic carbocycles. The molecule has 1 rings (SSSR count). The third-order valence-corrected chi connectivity index (χ3v) is 3.82. The summed E-state index contributed by atoms with van der Waals surface area (Å²) in [5.41, 5.74) is 0.376. The normalized spacial score (nSPS) is 26.8. The average molecular weight is 213 g/mol. The van der Waals surface area contributed by atoms with Crippen molar-refractivity contribution in [3.05, 3.63) is 0 Å². The zero-order valence-electron chi connectivity index (χ0n) is 10.6. The second kappa shape index (κ2) is 5.86. The van der Waals surface area contributed by atoms with E-state index >= 15 is 0 Å². The van der Waals surface area contributed by atoms with E-state index in [1.807, 2.05) is 0 Å². The lowest BCUT2D eigenvalue weighted by Crippen LogP contribution is -2.50. The Hall–Kier alpha value is -0.0800. The zero-order chi connectivity index (χ0) is 11.3. The van der Waals surface area contributed by atoms with Crippen LogP contribution in [0.25, 0.3) is 0 Å². The molecule has 1 aliphatic heterocycles. The van der Waals surface area contributed by atoms with Gasteiger partial charge in [-0.05, 0) is 52.0 Å². The van der Waals surface area contributed by atoms with Crippen LogP contribution in [0.2, 0.25) is 0 Å². The van der Waals surface area contributed by atoms with Crippen LogP contribution in [-0.4, -0.2) is 35.2 Å². The molecular formula is C13H27NO. The summed E-state index contributed by atoms with van der Waals surface area (Å²) >= 11 is 0. The van der Waals surface area contributed by atoms with Gasteiger partial charge in [-0.1, -0.05) is 13.3 Å². The molecule has 0 spiro atoms. The number of hydrogen-bond donors (Lipinski definition) is 1. The van der Waals surface area contributed by atoms with E-state index in [0.717, 1.165) is 12.3 Å². The molecule has 0 aliphatic carbocycles. The Labute approximate surface area is 94.7 Å². The third-order valence-electron chi connectivity index (χ3n) is 3.82. The fourth-order valence-corrected chi connectivity index (χ4v) is 2.53. The summed E-state index contributed by atoms with van der Waals surface area (Å²) in [5, 5.41) is 8.99. The molecule has 0 aromatic heterocycles. The fourth-order valence-electron chi connectivity index (χ4n) is 2.53. The summed E-state index contributed by atoms with van der Waals surface area (Å²) < 4.78 is 0. The second-order valence-electron chi connectivity index (χ2n) is 5.53. The van der Waals surface area contributed by atoms with Gasteiger partial charge in [0, 0.05) is 18.7 Å². The van der Waals surface area contributed by atoms with Gasteiger partial charge in [0.05, 0.1) is 0 Å². The van der Waals surface area contributed by atoms with Crippen molar-refractivity contribution in [1.29, 1.82) is 0 Å². The summed E-state index contributed by atoms with van der Waals surface area (Å²) in [6.45, 7) is 9.74. The first-order valence-corrected chi connectivity index (χ1v) is 6.46. The highest BCUT2D eigenvalue weighted by molar-refractivity contribution is 4.88. The molecule has 0 radical (unpaired) electrons. The summed E-state index contributed by atoms with van der Waals surface area (Å²) in [6.07, 6.45) is 6.13. The average Bonchev–Trinajstić information content (AvgIpc) is 2.19. The number of nitrogens with zero attached hydrogens (tertiary/aromatic N) is 1. The summed E-state index contributed by atoms with van der Waals surface area (Å²) in [7, 11) is 0. The highest BCUT2D eigenvalue weighted by atomic mass is 16.3. The van der Waals surface area contributed by atoms with E-state index in [2.05, 4.69) is 25.7 Å². The van der Waals surface area contributed by atoms with E-state index in [9.17, 15) is 0 Å². The topological polar surface area (TPSA) is 23.5 Å². The van der Waals surface area contributed by atoms with Gasteiger partial charge in [-0.15, -0.1) is 0 Å². The standard InChI is InChI=1S/C13H27NO/c1-4-5-9-14-11-12(7-10-15)6-8-13(14,2)3/h12,15H,4-11H2,1-3H3. The van der Waals surface area contributed by atoms with Crippen molar-refractivity contribution in [2.45, 2.75) is 58.4 Å². The van der Waals surface area contributed by atoms with Crippen LogP contribution in [0.4, 0.5) is 0 Å². The monoisotopic (exact) mass is 213 g/mol. The smallest absolute Gasteiger partial charge is 0.0434 e. The van der Waals surface area contributed by atoms with Gasteiger partial charge < -0.3 is 5.11 Å². The van der Waals surface area contributed by atoms with Crippen LogP contribution >= 0.6 is 0 Å². The van der Waals surface area contributed by atoms with Crippen LogP contribution in [-0.2, 0) is 0 Å². The van der Waals surface area contributed by atoms with Crippen molar-refractivity contribution in [2.24, 2.45) is 5.92 Å². The number of rotatable bonds is 5. The molecule has 90 valence electrons. The van der Waals surface area contributed by atoms with Gasteiger partial charge in [-0.25, -0.2) is 0 Å². The molecule has 0 amide bonds. The first-order chi connectivity index (χ1) is 7.10. The van der Waals surface area contributed by atoms with Gasteiger partial charge in [-0.3, -0.25) is 4.90 Å². The Morgan fingerprint density at radius 1 is 1.40 bits per heavy atom. The van der Waals surface area contributed by atoms with Gasteiger partial charge in [0.15, 0.2) is 0 Å². The maximum Gasteiger partial charge on any atom is 0.0434 e. The minimum atomic E-state index is 0.354. The molecule has 1 fully saturated rings. The Morgan fingerprint density at radius 3 is 2.73 bits per heavy atom. The summed E-state index contributed by atoms with van der Waals surface area (Å²) in [5.74, 6) is 0.722. The number of piperidine rings is 1. The van der Waals surface area contributed by atoms with Crippen molar-refractivity contribution in [2.75, 3.05) is 19.7 Å². The van der Waals surface area contributed by atoms with Crippen molar-refractivity contribution >= 4 is 0 Å². The van der Waals surface area contributed by atoms with Gasteiger partial charge in [0.25, 0.3) is 0 Å². The lowest BCUT2D eigenvalue weighted by Gasteiger charge is -2.45. The highest BCUT2D eigenvalue weighted by Crippen LogP contribution is 2.31. The third kappa shape index (κ3) is 3.76. The zero-order valence-corrected chi connectivity index (χ0v) is 10.6. The van der Waals surface area contributed by atoms with Crippen LogP contribution in [0.5, 0.6) is 0 Å². The molecule has 2 heteroatoms. The van der Waals surface area contributed by atoms with Crippen molar-refractivity contribution in [3.63, 3.8) is 0 Å².